The van der Waals surface area contributed by atoms with Crippen LogP contribution in [0.4, 0.5) is 5.69 Å². The smallest absolute Gasteiger partial charge is 0.305 e. The summed E-state index contributed by atoms with van der Waals surface area (Å²) in [6, 6.07) is 3.90. The fourth-order valence-electron chi connectivity index (χ4n) is 4.76. The van der Waals surface area contributed by atoms with Gasteiger partial charge in [-0.05, 0) is 25.0 Å². The van der Waals surface area contributed by atoms with Crippen LogP contribution >= 0.6 is 0 Å². The number of nitrogens with zero attached hydrogens (tertiary/aromatic N) is 1. The molecule has 1 fully saturated rings. The largest absolute Gasteiger partial charge is 0.463 e. The van der Waals surface area contributed by atoms with Crippen molar-refractivity contribution in [2.24, 2.45) is 0 Å². The minimum atomic E-state index is -1.00. The summed E-state index contributed by atoms with van der Waals surface area (Å²) >= 11 is 0. The predicted octanol–water partition coefficient (Wildman–Crippen LogP) is 3.22. The SMILES string of the molecule is CCCCCCCCCC(=O)OCCOCCOCCNc1cccc2c1C(=O)N(C1CCC(=O)NC1=O)C2=O. The molecule has 0 radical (unpaired) electrons. The zero-order chi connectivity index (χ0) is 28.7. The molecule has 2 heterocycles. The van der Waals surface area contributed by atoms with E-state index in [0.29, 0.717) is 45.1 Å². The second-order valence-corrected chi connectivity index (χ2v) is 9.92. The van der Waals surface area contributed by atoms with Crippen LogP contribution in [0.25, 0.3) is 0 Å². The average molecular weight is 560 g/mol. The third-order valence-corrected chi connectivity index (χ3v) is 6.88. The minimum absolute atomic E-state index is 0.0699. The number of anilines is 1. The van der Waals surface area contributed by atoms with Gasteiger partial charge in [-0.25, -0.2) is 0 Å². The van der Waals surface area contributed by atoms with Gasteiger partial charge in [0.05, 0.1) is 37.6 Å². The van der Waals surface area contributed by atoms with Crippen LogP contribution in [0.15, 0.2) is 18.2 Å². The molecule has 40 heavy (non-hydrogen) atoms. The summed E-state index contributed by atoms with van der Waals surface area (Å²) < 4.78 is 16.2. The Morgan fingerprint density at radius 1 is 0.925 bits per heavy atom. The molecular weight excluding hydrogens is 518 g/mol. The molecule has 1 saturated heterocycles. The van der Waals surface area contributed by atoms with Crippen molar-refractivity contribution in [3.63, 3.8) is 0 Å². The van der Waals surface area contributed by atoms with E-state index in [9.17, 15) is 24.0 Å². The fraction of sp³-hybridized carbons (Fsp3) is 0.621. The molecule has 0 saturated carbocycles. The lowest BCUT2D eigenvalue weighted by Crippen LogP contribution is -2.54. The van der Waals surface area contributed by atoms with Gasteiger partial charge in [-0.3, -0.25) is 34.2 Å². The Morgan fingerprint density at radius 3 is 2.38 bits per heavy atom. The van der Waals surface area contributed by atoms with E-state index in [4.69, 9.17) is 14.2 Å². The maximum absolute atomic E-state index is 13.1. The topological polar surface area (TPSA) is 140 Å². The van der Waals surface area contributed by atoms with E-state index < -0.39 is 29.7 Å². The summed E-state index contributed by atoms with van der Waals surface area (Å²) in [5, 5.41) is 5.31. The highest BCUT2D eigenvalue weighted by Gasteiger charge is 2.45. The minimum Gasteiger partial charge on any atom is -0.463 e. The number of hydrogen-bond acceptors (Lipinski definition) is 9. The van der Waals surface area contributed by atoms with Crippen molar-refractivity contribution in [3.05, 3.63) is 29.3 Å². The number of benzene rings is 1. The normalized spacial score (nSPS) is 16.7. The van der Waals surface area contributed by atoms with Gasteiger partial charge in [-0.1, -0.05) is 51.5 Å². The number of ether oxygens (including phenoxy) is 3. The number of unbranched alkanes of at least 4 members (excludes halogenated alkanes) is 6. The Morgan fingerprint density at radius 2 is 1.62 bits per heavy atom. The number of esters is 1. The summed E-state index contributed by atoms with van der Waals surface area (Å²) in [5.41, 5.74) is 0.906. The van der Waals surface area contributed by atoms with Crippen molar-refractivity contribution < 1.29 is 38.2 Å². The van der Waals surface area contributed by atoms with Gasteiger partial charge in [0.15, 0.2) is 0 Å². The maximum atomic E-state index is 13.1. The van der Waals surface area contributed by atoms with Crippen LogP contribution in [0.5, 0.6) is 0 Å². The molecule has 0 spiro atoms. The number of hydrogen-bond donors (Lipinski definition) is 2. The first kappa shape index (κ1) is 31.2. The van der Waals surface area contributed by atoms with E-state index in [2.05, 4.69) is 17.6 Å². The molecule has 2 aliphatic rings. The Labute approximate surface area is 235 Å². The Kier molecular flexibility index (Phi) is 13.0. The molecule has 3 rings (SSSR count). The van der Waals surface area contributed by atoms with E-state index in [1.165, 1.54) is 32.1 Å². The molecule has 1 aromatic rings. The number of rotatable bonds is 19. The zero-order valence-corrected chi connectivity index (χ0v) is 23.3. The molecular formula is C29H41N3O8. The molecule has 1 aromatic carbocycles. The molecule has 11 nitrogen and oxygen atoms in total. The van der Waals surface area contributed by atoms with Crippen molar-refractivity contribution in [3.8, 4) is 0 Å². The molecule has 11 heteroatoms. The van der Waals surface area contributed by atoms with Crippen LogP contribution in [0, 0.1) is 0 Å². The van der Waals surface area contributed by atoms with Gasteiger partial charge in [-0.2, -0.15) is 0 Å². The van der Waals surface area contributed by atoms with Gasteiger partial charge in [0.25, 0.3) is 11.8 Å². The molecule has 1 unspecified atom stereocenters. The average Bonchev–Trinajstić information content (AvgIpc) is 3.19. The van der Waals surface area contributed by atoms with Gasteiger partial charge in [-0.15, -0.1) is 0 Å². The highest BCUT2D eigenvalue weighted by Crippen LogP contribution is 2.32. The van der Waals surface area contributed by atoms with Crippen LogP contribution in [-0.2, 0) is 28.6 Å². The second-order valence-electron chi connectivity index (χ2n) is 9.92. The third-order valence-electron chi connectivity index (χ3n) is 6.88. The molecule has 4 amide bonds. The zero-order valence-electron chi connectivity index (χ0n) is 23.3. The maximum Gasteiger partial charge on any atom is 0.305 e. The molecule has 0 aliphatic carbocycles. The third kappa shape index (κ3) is 9.12. The number of piperidine rings is 1. The van der Waals surface area contributed by atoms with Gasteiger partial charge in [0.2, 0.25) is 11.8 Å². The Bertz CT molecular complexity index is 1040. The molecule has 0 aromatic heterocycles. The molecule has 2 aliphatic heterocycles. The number of fused-ring (bicyclic) bond motifs is 1. The fourth-order valence-corrected chi connectivity index (χ4v) is 4.76. The first-order valence-corrected chi connectivity index (χ1v) is 14.3. The number of nitrogens with one attached hydrogen (secondary N) is 2. The van der Waals surface area contributed by atoms with Crippen molar-refractivity contribution in [1.29, 1.82) is 0 Å². The lowest BCUT2D eigenvalue weighted by molar-refractivity contribution is -0.145. The molecule has 0 bridgehead atoms. The summed E-state index contributed by atoms with van der Waals surface area (Å²) in [6.45, 7) is 4.14. The summed E-state index contributed by atoms with van der Waals surface area (Å²) in [7, 11) is 0. The Balaban J connectivity index is 1.26. The van der Waals surface area contributed by atoms with Gasteiger partial charge >= 0.3 is 5.97 Å². The van der Waals surface area contributed by atoms with Crippen LogP contribution in [-0.4, -0.2) is 80.1 Å². The standard InChI is InChI=1S/C29H41N3O8/c1-2-3-4-5-6-7-8-12-25(34)40-20-19-39-18-17-38-16-15-30-22-11-9-10-21-26(22)29(37)32(28(21)36)23-13-14-24(33)31-27(23)35/h9-11,23,30H,2-8,12-20H2,1H3,(H,31,33,35). The highest BCUT2D eigenvalue weighted by atomic mass is 16.6. The monoisotopic (exact) mass is 559 g/mol. The van der Waals surface area contributed by atoms with Crippen molar-refractivity contribution in [2.75, 3.05) is 44.9 Å². The molecule has 220 valence electrons. The van der Waals surface area contributed by atoms with E-state index in [0.717, 1.165) is 17.7 Å². The Hall–Kier alpha value is -3.31. The van der Waals surface area contributed by atoms with Gasteiger partial charge < -0.3 is 19.5 Å². The van der Waals surface area contributed by atoms with Gasteiger partial charge in [0, 0.05) is 25.1 Å². The number of amides is 4. The lowest BCUT2D eigenvalue weighted by Gasteiger charge is -2.27. The second kappa shape index (κ2) is 16.7. The first-order chi connectivity index (χ1) is 19.4. The summed E-state index contributed by atoms with van der Waals surface area (Å²) in [6.07, 6.45) is 8.72. The number of imide groups is 2. The highest BCUT2D eigenvalue weighted by molar-refractivity contribution is 6.25. The van der Waals surface area contributed by atoms with Crippen LogP contribution in [0.3, 0.4) is 0 Å². The van der Waals surface area contributed by atoms with Crippen LogP contribution in [0.2, 0.25) is 0 Å². The van der Waals surface area contributed by atoms with Crippen LogP contribution < -0.4 is 10.6 Å². The van der Waals surface area contributed by atoms with Crippen molar-refractivity contribution >= 4 is 35.3 Å². The predicted molar refractivity (Wildman–Crippen MR) is 147 cm³/mol. The van der Waals surface area contributed by atoms with Crippen molar-refractivity contribution in [2.45, 2.75) is 77.2 Å². The quantitative estimate of drug-likeness (QED) is 0.148. The van der Waals surface area contributed by atoms with E-state index in [-0.39, 0.29) is 36.5 Å². The van der Waals surface area contributed by atoms with Gasteiger partial charge in [0.1, 0.15) is 12.6 Å². The van der Waals surface area contributed by atoms with E-state index in [1.807, 2.05) is 0 Å². The first-order valence-electron chi connectivity index (χ1n) is 14.3. The van der Waals surface area contributed by atoms with E-state index >= 15 is 0 Å². The number of carbonyl (C=O) groups is 5. The molecule has 1 atom stereocenters. The number of carbonyl (C=O) groups excluding carboxylic acids is 5. The lowest BCUT2D eigenvalue weighted by atomic mass is 10.0. The van der Waals surface area contributed by atoms with E-state index in [1.54, 1.807) is 18.2 Å². The van der Waals surface area contributed by atoms with Crippen molar-refractivity contribution in [1.82, 2.24) is 10.2 Å². The van der Waals surface area contributed by atoms with Crippen LogP contribution in [0.1, 0.15) is 91.8 Å². The molecule has 2 N–H and O–H groups in total. The summed E-state index contributed by atoms with van der Waals surface area (Å²) in [5.74, 6) is -2.35. The summed E-state index contributed by atoms with van der Waals surface area (Å²) in [4.78, 5) is 62.4.